The van der Waals surface area contributed by atoms with E-state index < -0.39 is 23.4 Å². The van der Waals surface area contributed by atoms with Gasteiger partial charge in [-0.1, -0.05) is 36.4 Å². The maximum absolute atomic E-state index is 13.3. The number of hydrogen-bond donors (Lipinski definition) is 2. The maximum atomic E-state index is 13.3. The van der Waals surface area contributed by atoms with Gasteiger partial charge >= 0.3 is 5.97 Å². The lowest BCUT2D eigenvalue weighted by molar-refractivity contribution is -0.156. The lowest BCUT2D eigenvalue weighted by atomic mass is 9.66. The second-order valence-electron chi connectivity index (χ2n) is 7.26. The molecular weight excluding hydrogens is 358 g/mol. The molecule has 2 heterocycles. The minimum absolute atomic E-state index is 0.126. The molecule has 1 aliphatic carbocycles. The van der Waals surface area contributed by atoms with Gasteiger partial charge in [0.25, 0.3) is 5.56 Å². The van der Waals surface area contributed by atoms with Crippen LogP contribution in [-0.2, 0) is 16.0 Å². The number of hydrogen-bond acceptors (Lipinski definition) is 5. The van der Waals surface area contributed by atoms with Crippen LogP contribution in [0.4, 0.5) is 0 Å². The second kappa shape index (κ2) is 6.76. The molecule has 7 heteroatoms. The van der Waals surface area contributed by atoms with Gasteiger partial charge < -0.3 is 9.84 Å². The molecule has 0 bridgehead atoms. The van der Waals surface area contributed by atoms with E-state index in [1.807, 2.05) is 30.3 Å². The summed E-state index contributed by atoms with van der Waals surface area (Å²) < 4.78 is 6.35. The van der Waals surface area contributed by atoms with Gasteiger partial charge in [-0.2, -0.15) is 0 Å². The number of H-pyrrole nitrogens is 1. The summed E-state index contributed by atoms with van der Waals surface area (Å²) in [5.74, 6) is -1.65. The molecule has 3 unspecified atom stereocenters. The van der Waals surface area contributed by atoms with E-state index in [-0.39, 0.29) is 12.0 Å². The quantitative estimate of drug-likeness (QED) is 0.676. The first-order valence-corrected chi connectivity index (χ1v) is 9.04. The van der Waals surface area contributed by atoms with Crippen molar-refractivity contribution in [1.82, 2.24) is 14.8 Å². The molecule has 0 spiro atoms. The van der Waals surface area contributed by atoms with Crippen molar-refractivity contribution in [1.29, 1.82) is 0 Å². The fourth-order valence-electron chi connectivity index (χ4n) is 4.13. The number of aliphatic hydroxyl groups is 1. The van der Waals surface area contributed by atoms with Crippen LogP contribution in [0.1, 0.15) is 29.7 Å². The smallest absolute Gasteiger partial charge is 0.312 e. The van der Waals surface area contributed by atoms with Crippen LogP contribution < -0.4 is 5.56 Å². The topological polar surface area (TPSA) is 97.2 Å². The molecule has 0 aliphatic heterocycles. The Morgan fingerprint density at radius 3 is 2.61 bits per heavy atom. The van der Waals surface area contributed by atoms with Gasteiger partial charge in [0, 0.05) is 29.8 Å². The van der Waals surface area contributed by atoms with Gasteiger partial charge in [-0.15, -0.1) is 0 Å². The zero-order valence-corrected chi connectivity index (χ0v) is 15.6. The van der Waals surface area contributed by atoms with Gasteiger partial charge in [-0.05, 0) is 24.6 Å². The van der Waals surface area contributed by atoms with Gasteiger partial charge in [-0.25, -0.2) is 9.67 Å². The summed E-state index contributed by atoms with van der Waals surface area (Å²) >= 11 is 0. The summed E-state index contributed by atoms with van der Waals surface area (Å²) in [7, 11) is 1.29. The molecule has 0 fully saturated rings. The predicted molar refractivity (Wildman–Crippen MR) is 102 cm³/mol. The Bertz CT molecular complexity index is 1050. The van der Waals surface area contributed by atoms with Crippen LogP contribution >= 0.6 is 0 Å². The highest BCUT2D eigenvalue weighted by molar-refractivity contribution is 5.77. The molecule has 144 valence electrons. The van der Waals surface area contributed by atoms with Crippen molar-refractivity contribution in [2.75, 3.05) is 7.11 Å². The van der Waals surface area contributed by atoms with Crippen molar-refractivity contribution in [2.45, 2.75) is 24.9 Å². The summed E-state index contributed by atoms with van der Waals surface area (Å²) in [6.45, 7) is 1.60. The van der Waals surface area contributed by atoms with E-state index in [9.17, 15) is 14.7 Å². The lowest BCUT2D eigenvalue weighted by Crippen LogP contribution is -2.49. The average molecular weight is 379 g/mol. The van der Waals surface area contributed by atoms with E-state index >= 15 is 0 Å². The molecule has 0 radical (unpaired) electrons. The molecule has 1 aliphatic rings. The third kappa shape index (κ3) is 2.84. The van der Waals surface area contributed by atoms with Crippen molar-refractivity contribution in [3.63, 3.8) is 0 Å². The highest BCUT2D eigenvalue weighted by atomic mass is 16.5. The van der Waals surface area contributed by atoms with Gasteiger partial charge in [0.15, 0.2) is 5.82 Å². The van der Waals surface area contributed by atoms with Crippen LogP contribution in [0.5, 0.6) is 0 Å². The minimum Gasteiger partial charge on any atom is -0.469 e. The van der Waals surface area contributed by atoms with E-state index in [4.69, 9.17) is 4.74 Å². The number of benzene rings is 1. The van der Waals surface area contributed by atoms with Crippen molar-refractivity contribution >= 4 is 5.97 Å². The van der Waals surface area contributed by atoms with Crippen LogP contribution in [0.15, 0.2) is 59.5 Å². The molecule has 4 rings (SSSR count). The summed E-state index contributed by atoms with van der Waals surface area (Å²) in [4.78, 5) is 30.2. The first-order chi connectivity index (χ1) is 13.4. The molecule has 7 nitrogen and oxygen atoms in total. The average Bonchev–Trinajstić information content (AvgIpc) is 3.02. The zero-order valence-electron chi connectivity index (χ0n) is 15.6. The summed E-state index contributed by atoms with van der Waals surface area (Å²) in [6, 6.07) is 14.5. The van der Waals surface area contributed by atoms with Crippen molar-refractivity contribution in [3.05, 3.63) is 81.9 Å². The molecular formula is C21H21N3O4. The Hall–Kier alpha value is -3.19. The van der Waals surface area contributed by atoms with E-state index in [2.05, 4.69) is 10.1 Å². The summed E-state index contributed by atoms with van der Waals surface area (Å²) in [6.07, 6.45) is 1.73. The monoisotopic (exact) mass is 379 g/mol. The fourth-order valence-corrected chi connectivity index (χ4v) is 4.13. The lowest BCUT2D eigenvalue weighted by Gasteiger charge is -2.40. The summed E-state index contributed by atoms with van der Waals surface area (Å²) in [5.41, 5.74) is 0.142. The molecule has 2 aromatic heterocycles. The van der Waals surface area contributed by atoms with E-state index in [1.54, 1.807) is 31.3 Å². The number of aromatic nitrogens is 3. The van der Waals surface area contributed by atoms with Crippen molar-refractivity contribution < 1.29 is 14.6 Å². The Balaban J connectivity index is 1.98. The predicted octanol–water partition coefficient (Wildman–Crippen LogP) is 1.79. The standard InChI is InChI=1S/C21H21N3O4/c1-21(27)12-14-17(19(25)24(23-14)15-10-6-7-11-22-15)16(18(21)20(26)28-2)13-8-4-3-5-9-13/h3-11,16,18,23,27H,12H2,1-2H3. The number of fused-ring (bicyclic) bond motifs is 1. The van der Waals surface area contributed by atoms with Gasteiger partial charge in [0.2, 0.25) is 0 Å². The Kier molecular flexibility index (Phi) is 4.39. The number of aromatic amines is 1. The first-order valence-electron chi connectivity index (χ1n) is 9.04. The zero-order chi connectivity index (χ0) is 19.9. The maximum Gasteiger partial charge on any atom is 0.312 e. The van der Waals surface area contributed by atoms with Crippen LogP contribution in [-0.4, -0.2) is 38.6 Å². The second-order valence-corrected chi connectivity index (χ2v) is 7.26. The molecule has 2 N–H and O–H groups in total. The molecule has 3 aromatic rings. The minimum atomic E-state index is -1.39. The van der Waals surface area contributed by atoms with Crippen LogP contribution in [0.25, 0.3) is 5.82 Å². The molecule has 0 saturated heterocycles. The van der Waals surface area contributed by atoms with Gasteiger partial charge in [-0.3, -0.25) is 14.7 Å². The number of carbonyl (C=O) groups excluding carboxylic acids is 1. The molecule has 3 atom stereocenters. The van der Waals surface area contributed by atoms with Crippen LogP contribution in [0, 0.1) is 5.92 Å². The third-order valence-corrected chi connectivity index (χ3v) is 5.35. The number of esters is 1. The molecule has 1 aromatic carbocycles. The number of nitrogens with zero attached hydrogens (tertiary/aromatic N) is 2. The first kappa shape index (κ1) is 18.2. The van der Waals surface area contributed by atoms with Crippen LogP contribution in [0.3, 0.4) is 0 Å². The highest BCUT2D eigenvalue weighted by Crippen LogP contribution is 2.44. The van der Waals surface area contributed by atoms with Crippen molar-refractivity contribution in [2.24, 2.45) is 5.92 Å². The molecule has 0 saturated carbocycles. The van der Waals surface area contributed by atoms with Gasteiger partial charge in [0.1, 0.15) is 0 Å². The van der Waals surface area contributed by atoms with E-state index in [1.165, 1.54) is 11.8 Å². The normalized spacial score (nSPS) is 23.8. The number of carbonyl (C=O) groups is 1. The third-order valence-electron chi connectivity index (χ3n) is 5.35. The molecule has 0 amide bonds. The number of rotatable bonds is 3. The van der Waals surface area contributed by atoms with Gasteiger partial charge in [0.05, 0.1) is 18.6 Å². The van der Waals surface area contributed by atoms with E-state index in [0.29, 0.717) is 17.1 Å². The van der Waals surface area contributed by atoms with Crippen molar-refractivity contribution in [3.8, 4) is 5.82 Å². The SMILES string of the molecule is COC(=O)C1C(c2ccccc2)c2c([nH]n(-c3ccccn3)c2=O)CC1(C)O. The Morgan fingerprint density at radius 2 is 1.96 bits per heavy atom. The summed E-state index contributed by atoms with van der Waals surface area (Å²) in [5, 5.41) is 14.2. The Labute approximate surface area is 161 Å². The number of pyridine rings is 1. The van der Waals surface area contributed by atoms with Crippen LogP contribution in [0.2, 0.25) is 0 Å². The number of ether oxygens (including phenoxy) is 1. The van der Waals surface area contributed by atoms with E-state index in [0.717, 1.165) is 5.56 Å². The molecule has 28 heavy (non-hydrogen) atoms. The largest absolute Gasteiger partial charge is 0.469 e. The number of nitrogens with one attached hydrogen (secondary N) is 1. The fraction of sp³-hybridized carbons (Fsp3) is 0.286. The highest BCUT2D eigenvalue weighted by Gasteiger charge is 2.51. The Morgan fingerprint density at radius 1 is 1.25 bits per heavy atom. The number of methoxy groups -OCH3 is 1.